The van der Waals surface area contributed by atoms with Gasteiger partial charge in [0, 0.05) is 55.0 Å². The third kappa shape index (κ3) is 7.36. The van der Waals surface area contributed by atoms with Crippen molar-refractivity contribution in [3.8, 4) is 67.5 Å². The second kappa shape index (κ2) is 16.5. The summed E-state index contributed by atoms with van der Waals surface area (Å²) in [7, 11) is 0. The number of alkyl halides is 6. The SMILES string of the molecule is FC(F)(F)c1cccc(-c2cc(-c3cc(-c4ccccc4)nc(-c4ccccc4)n3)cc(-c3cccc(C(F)(F)F)c3)c2-n2c3ccccc3c3cc4c5ccccc5n(-c5ccccc5)c4cc32)c1. The van der Waals surface area contributed by atoms with Gasteiger partial charge in [0.05, 0.1) is 50.3 Å². The minimum atomic E-state index is -4.71. The highest BCUT2D eigenvalue weighted by Gasteiger charge is 2.33. The number of benzene rings is 9. The van der Waals surface area contributed by atoms with Crippen molar-refractivity contribution in [2.24, 2.45) is 0 Å². The lowest BCUT2D eigenvalue weighted by Crippen LogP contribution is -2.07. The maximum absolute atomic E-state index is 14.8. The first-order chi connectivity index (χ1) is 34.0. The lowest BCUT2D eigenvalue weighted by Gasteiger charge is -2.22. The highest BCUT2D eigenvalue weighted by Crippen LogP contribution is 2.47. The van der Waals surface area contributed by atoms with Crippen LogP contribution < -0.4 is 0 Å². The number of hydrogen-bond acceptors (Lipinski definition) is 2. The zero-order valence-electron chi connectivity index (χ0n) is 36.8. The molecular weight excluding hydrogens is 891 g/mol. The van der Waals surface area contributed by atoms with Crippen molar-refractivity contribution in [3.63, 3.8) is 0 Å². The Kier molecular flexibility index (Phi) is 10.0. The molecule has 0 spiro atoms. The van der Waals surface area contributed by atoms with Crippen LogP contribution >= 0.6 is 0 Å². The molecule has 0 atom stereocenters. The van der Waals surface area contributed by atoms with Crippen molar-refractivity contribution < 1.29 is 26.3 Å². The van der Waals surface area contributed by atoms with Crippen LogP contribution in [-0.4, -0.2) is 19.1 Å². The molecule has 12 aromatic rings. The van der Waals surface area contributed by atoms with Crippen LogP contribution in [0.3, 0.4) is 0 Å². The maximum atomic E-state index is 14.8. The highest BCUT2D eigenvalue weighted by molar-refractivity contribution is 6.19. The largest absolute Gasteiger partial charge is 0.416 e. The van der Waals surface area contributed by atoms with Crippen molar-refractivity contribution in [2.45, 2.75) is 12.4 Å². The molecule has 0 aliphatic carbocycles. The van der Waals surface area contributed by atoms with Gasteiger partial charge >= 0.3 is 12.4 Å². The Labute approximate surface area is 397 Å². The molecule has 12 rings (SSSR count). The van der Waals surface area contributed by atoms with Gasteiger partial charge in [-0.15, -0.1) is 0 Å². The zero-order valence-corrected chi connectivity index (χ0v) is 36.8. The van der Waals surface area contributed by atoms with Gasteiger partial charge < -0.3 is 9.13 Å². The minimum absolute atomic E-state index is 0.200. The summed E-state index contributed by atoms with van der Waals surface area (Å²) in [6.07, 6.45) is -9.41. The van der Waals surface area contributed by atoms with Gasteiger partial charge in [-0.25, -0.2) is 9.97 Å². The molecule has 0 saturated heterocycles. The molecule has 0 saturated carbocycles. The molecule has 0 unspecified atom stereocenters. The Bertz CT molecular complexity index is 3830. The number of rotatable bonds is 7. The normalized spacial score (nSPS) is 12.1. The Morgan fingerprint density at radius 1 is 0.314 bits per heavy atom. The topological polar surface area (TPSA) is 35.6 Å². The standard InChI is InChI=1S/C60H36F6N4/c61-59(62,63)42-22-14-20-39(30-42)47-32-41(52-35-51(37-16-4-1-5-17-37)67-58(68-52)38-18-6-2-7-19-38)33-48(40-21-15-23-43(31-40)60(64,65)66)57(47)70-54-29-13-11-27-46(54)50-34-49-45-26-10-12-28-53(45)69(55(49)36-56(50)70)44-24-8-3-9-25-44/h1-36H. The van der Waals surface area contributed by atoms with Crippen molar-refractivity contribution in [1.29, 1.82) is 0 Å². The molecule has 0 N–H and O–H groups in total. The Balaban J connectivity index is 1.25. The summed E-state index contributed by atoms with van der Waals surface area (Å²) in [6.45, 7) is 0. The molecule has 0 amide bonds. The summed E-state index contributed by atoms with van der Waals surface area (Å²) in [5, 5.41) is 3.70. The van der Waals surface area contributed by atoms with Gasteiger partial charge in [-0.05, 0) is 90.0 Å². The summed E-state index contributed by atoms with van der Waals surface area (Å²) in [6, 6.07) is 64.6. The van der Waals surface area contributed by atoms with E-state index in [0.29, 0.717) is 50.6 Å². The first-order valence-corrected chi connectivity index (χ1v) is 22.5. The molecule has 3 aromatic heterocycles. The molecule has 3 heterocycles. The molecule has 0 bridgehead atoms. The van der Waals surface area contributed by atoms with Crippen LogP contribution in [0.5, 0.6) is 0 Å². The van der Waals surface area contributed by atoms with Crippen molar-refractivity contribution in [3.05, 3.63) is 230 Å². The van der Waals surface area contributed by atoms with Crippen LogP contribution in [0.15, 0.2) is 218 Å². The predicted molar refractivity (Wildman–Crippen MR) is 268 cm³/mol. The van der Waals surface area contributed by atoms with Crippen molar-refractivity contribution in [2.75, 3.05) is 0 Å². The average molecular weight is 927 g/mol. The van der Waals surface area contributed by atoms with Crippen molar-refractivity contribution >= 4 is 43.6 Å². The van der Waals surface area contributed by atoms with Crippen LogP contribution in [0.4, 0.5) is 26.3 Å². The highest BCUT2D eigenvalue weighted by atomic mass is 19.4. The van der Waals surface area contributed by atoms with Crippen LogP contribution in [-0.2, 0) is 12.4 Å². The summed E-state index contributed by atoms with van der Waals surface area (Å²) in [5.74, 6) is 0.391. The molecule has 4 nitrogen and oxygen atoms in total. The second-order valence-corrected chi connectivity index (χ2v) is 17.2. The van der Waals surface area contributed by atoms with E-state index >= 15 is 0 Å². The fourth-order valence-electron chi connectivity index (χ4n) is 9.78. The molecule has 70 heavy (non-hydrogen) atoms. The molecule has 0 fully saturated rings. The fraction of sp³-hybridized carbons (Fsp3) is 0.0333. The summed E-state index contributed by atoms with van der Waals surface area (Å²) >= 11 is 0. The van der Waals surface area contributed by atoms with Gasteiger partial charge in [0.15, 0.2) is 5.82 Å². The van der Waals surface area contributed by atoms with Crippen molar-refractivity contribution in [1.82, 2.24) is 19.1 Å². The molecule has 0 aliphatic rings. The second-order valence-electron chi connectivity index (χ2n) is 17.2. The molecule has 9 aromatic carbocycles. The summed E-state index contributed by atoms with van der Waals surface area (Å²) < 4.78 is 93.1. The van der Waals surface area contributed by atoms with Gasteiger partial charge in [-0.2, -0.15) is 26.3 Å². The van der Waals surface area contributed by atoms with Gasteiger partial charge in [-0.3, -0.25) is 0 Å². The molecule has 0 aliphatic heterocycles. The van der Waals surface area contributed by atoms with Gasteiger partial charge in [0.1, 0.15) is 0 Å². The zero-order chi connectivity index (χ0) is 47.7. The quantitative estimate of drug-likeness (QED) is 0.149. The Morgan fingerprint density at radius 2 is 0.757 bits per heavy atom. The lowest BCUT2D eigenvalue weighted by molar-refractivity contribution is -0.138. The van der Waals surface area contributed by atoms with E-state index in [0.717, 1.165) is 73.7 Å². The molecule has 10 heteroatoms. The number of aromatic nitrogens is 4. The van der Waals surface area contributed by atoms with Crippen LogP contribution in [0.1, 0.15) is 11.1 Å². The number of para-hydroxylation sites is 3. The molecule has 338 valence electrons. The molecule has 0 radical (unpaired) electrons. The van der Waals surface area contributed by atoms with Gasteiger partial charge in [0.2, 0.25) is 0 Å². The third-order valence-electron chi connectivity index (χ3n) is 12.9. The summed E-state index contributed by atoms with van der Waals surface area (Å²) in [4.78, 5) is 10.1. The Hall–Kier alpha value is -8.76. The monoisotopic (exact) mass is 926 g/mol. The van der Waals surface area contributed by atoms with E-state index in [4.69, 9.17) is 9.97 Å². The molecular formula is C60H36F6N4. The van der Waals surface area contributed by atoms with E-state index in [1.165, 1.54) is 12.1 Å². The van der Waals surface area contributed by atoms with E-state index in [2.05, 4.69) is 28.8 Å². The average Bonchev–Trinajstić information content (AvgIpc) is 3.89. The van der Waals surface area contributed by atoms with E-state index in [1.54, 1.807) is 24.3 Å². The number of nitrogens with zero attached hydrogens (tertiary/aromatic N) is 4. The number of fused-ring (bicyclic) bond motifs is 6. The number of hydrogen-bond donors (Lipinski definition) is 0. The van der Waals surface area contributed by atoms with E-state index in [1.807, 2.05) is 138 Å². The smallest absolute Gasteiger partial charge is 0.309 e. The van der Waals surface area contributed by atoms with E-state index in [9.17, 15) is 26.3 Å². The van der Waals surface area contributed by atoms with Crippen LogP contribution in [0.25, 0.3) is 111 Å². The van der Waals surface area contributed by atoms with E-state index < -0.39 is 23.5 Å². The summed E-state index contributed by atoms with van der Waals surface area (Å²) in [5.41, 5.74) is 6.82. The van der Waals surface area contributed by atoms with E-state index in [-0.39, 0.29) is 11.1 Å². The lowest BCUT2D eigenvalue weighted by atomic mass is 9.90. The third-order valence-corrected chi connectivity index (χ3v) is 12.9. The number of halogens is 6. The maximum Gasteiger partial charge on any atom is 0.416 e. The minimum Gasteiger partial charge on any atom is -0.309 e. The van der Waals surface area contributed by atoms with Gasteiger partial charge in [-0.1, -0.05) is 140 Å². The fourth-order valence-corrected chi connectivity index (χ4v) is 9.78. The predicted octanol–water partition coefficient (Wildman–Crippen LogP) is 17.0. The van der Waals surface area contributed by atoms with Crippen LogP contribution in [0.2, 0.25) is 0 Å². The first-order valence-electron chi connectivity index (χ1n) is 22.5. The Morgan fingerprint density at radius 3 is 1.30 bits per heavy atom. The first kappa shape index (κ1) is 42.6. The van der Waals surface area contributed by atoms with Crippen LogP contribution in [0, 0.1) is 0 Å². The van der Waals surface area contributed by atoms with Gasteiger partial charge in [0.25, 0.3) is 0 Å².